The lowest BCUT2D eigenvalue weighted by Crippen LogP contribution is -2.30. The van der Waals surface area contributed by atoms with Crippen LogP contribution < -0.4 is 11.1 Å². The van der Waals surface area contributed by atoms with E-state index in [-0.39, 0.29) is 11.8 Å². The van der Waals surface area contributed by atoms with Gasteiger partial charge in [-0.25, -0.2) is 0 Å². The molecule has 1 aliphatic rings. The fourth-order valence-electron chi connectivity index (χ4n) is 2.66. The number of carbonyl (C=O) groups excluding carboxylic acids is 2. The van der Waals surface area contributed by atoms with Crippen molar-refractivity contribution in [1.82, 2.24) is 4.90 Å². The van der Waals surface area contributed by atoms with E-state index < -0.39 is 0 Å². The summed E-state index contributed by atoms with van der Waals surface area (Å²) in [5.74, 6) is -0.0880. The number of amides is 2. The number of nitrogens with zero attached hydrogens (tertiary/aromatic N) is 1. The van der Waals surface area contributed by atoms with Gasteiger partial charge in [0.25, 0.3) is 5.91 Å². The van der Waals surface area contributed by atoms with Gasteiger partial charge in [0.1, 0.15) is 0 Å². The van der Waals surface area contributed by atoms with E-state index in [9.17, 15) is 9.59 Å². The summed E-state index contributed by atoms with van der Waals surface area (Å²) in [7, 11) is 0. The van der Waals surface area contributed by atoms with Gasteiger partial charge >= 0.3 is 0 Å². The number of hydrogen-bond donors (Lipinski definition) is 2. The van der Waals surface area contributed by atoms with Crippen LogP contribution in [0.4, 0.5) is 11.4 Å². The molecule has 0 atom stereocenters. The van der Waals surface area contributed by atoms with Gasteiger partial charge in [-0.1, -0.05) is 18.2 Å². The van der Waals surface area contributed by atoms with E-state index in [0.717, 1.165) is 18.4 Å². The van der Waals surface area contributed by atoms with Crippen LogP contribution >= 0.6 is 0 Å². The predicted molar refractivity (Wildman–Crippen MR) is 94.5 cm³/mol. The maximum Gasteiger partial charge on any atom is 0.255 e. The molecule has 0 radical (unpaired) electrons. The summed E-state index contributed by atoms with van der Waals surface area (Å²) in [6.07, 6.45) is 2.18. The Morgan fingerprint density at radius 1 is 1.17 bits per heavy atom. The number of nitrogen functional groups attached to an aromatic ring is 1. The van der Waals surface area contributed by atoms with E-state index in [1.165, 1.54) is 0 Å². The Morgan fingerprint density at radius 2 is 1.88 bits per heavy atom. The van der Waals surface area contributed by atoms with Gasteiger partial charge in [0, 0.05) is 36.4 Å². The molecular formula is C19H21N3O2. The normalized spacial score (nSPS) is 13.4. The molecule has 2 aromatic rings. The fraction of sp³-hybridized carbons (Fsp3) is 0.263. The third kappa shape index (κ3) is 3.93. The zero-order chi connectivity index (χ0) is 17.1. The topological polar surface area (TPSA) is 75.4 Å². The van der Waals surface area contributed by atoms with Crippen LogP contribution in [0.25, 0.3) is 0 Å². The van der Waals surface area contributed by atoms with Crippen LogP contribution in [0.15, 0.2) is 48.5 Å². The van der Waals surface area contributed by atoms with Crippen LogP contribution in [-0.2, 0) is 11.3 Å². The average Bonchev–Trinajstić information content (AvgIpc) is 3.38. The maximum absolute atomic E-state index is 12.2. The number of anilines is 2. The minimum Gasteiger partial charge on any atom is -0.399 e. The molecule has 24 heavy (non-hydrogen) atoms. The summed E-state index contributed by atoms with van der Waals surface area (Å²) in [6, 6.07) is 14.8. The molecule has 0 aromatic heterocycles. The van der Waals surface area contributed by atoms with Crippen molar-refractivity contribution in [3.63, 3.8) is 0 Å². The van der Waals surface area contributed by atoms with Crippen molar-refractivity contribution in [2.75, 3.05) is 11.1 Å². The Balaban J connectivity index is 1.64. The third-order valence-electron chi connectivity index (χ3n) is 4.11. The van der Waals surface area contributed by atoms with Gasteiger partial charge in [-0.15, -0.1) is 0 Å². The van der Waals surface area contributed by atoms with Gasteiger partial charge < -0.3 is 16.0 Å². The Morgan fingerprint density at radius 3 is 2.46 bits per heavy atom. The van der Waals surface area contributed by atoms with Crippen molar-refractivity contribution in [3.05, 3.63) is 59.7 Å². The number of nitrogens with one attached hydrogen (secondary N) is 1. The van der Waals surface area contributed by atoms with Gasteiger partial charge in [-0.3, -0.25) is 9.59 Å². The molecule has 1 fully saturated rings. The quantitative estimate of drug-likeness (QED) is 0.831. The smallest absolute Gasteiger partial charge is 0.255 e. The number of hydrogen-bond acceptors (Lipinski definition) is 3. The highest BCUT2D eigenvalue weighted by molar-refractivity contribution is 6.04. The zero-order valence-corrected chi connectivity index (χ0v) is 13.7. The number of nitrogens with two attached hydrogens (primary N) is 1. The number of carbonyl (C=O) groups is 2. The molecule has 1 aliphatic carbocycles. The van der Waals surface area contributed by atoms with Gasteiger partial charge in [-0.05, 0) is 48.7 Å². The second-order valence-electron chi connectivity index (χ2n) is 6.15. The predicted octanol–water partition coefficient (Wildman–Crippen LogP) is 3.03. The largest absolute Gasteiger partial charge is 0.399 e. The van der Waals surface area contributed by atoms with Crippen molar-refractivity contribution in [2.45, 2.75) is 32.4 Å². The molecule has 0 spiro atoms. The van der Waals surface area contributed by atoms with Crippen molar-refractivity contribution in [2.24, 2.45) is 0 Å². The molecule has 0 aliphatic heterocycles. The van der Waals surface area contributed by atoms with E-state index in [4.69, 9.17) is 5.73 Å². The molecule has 2 amide bonds. The van der Waals surface area contributed by atoms with Gasteiger partial charge in [0.2, 0.25) is 5.91 Å². The van der Waals surface area contributed by atoms with E-state index in [1.807, 2.05) is 29.2 Å². The highest BCUT2D eigenvalue weighted by atomic mass is 16.2. The third-order valence-corrected chi connectivity index (χ3v) is 4.11. The Bertz CT molecular complexity index is 751. The minimum absolute atomic E-state index is 0.108. The lowest BCUT2D eigenvalue weighted by atomic mass is 10.1. The summed E-state index contributed by atoms with van der Waals surface area (Å²) < 4.78 is 0. The standard InChI is InChI=1S/C19H21N3O2/c1-13(23)22(18-9-10-18)12-14-5-7-17(8-6-14)21-19(24)15-3-2-4-16(20)11-15/h2-8,11,18H,9-10,12,20H2,1H3,(H,21,24). The number of rotatable bonds is 5. The molecule has 0 heterocycles. The zero-order valence-electron chi connectivity index (χ0n) is 13.7. The molecule has 3 N–H and O–H groups in total. The molecule has 5 nitrogen and oxygen atoms in total. The molecule has 124 valence electrons. The van der Waals surface area contributed by atoms with Gasteiger partial charge in [0.05, 0.1) is 0 Å². The number of benzene rings is 2. The lowest BCUT2D eigenvalue weighted by Gasteiger charge is -2.20. The highest BCUT2D eigenvalue weighted by Gasteiger charge is 2.30. The first-order chi connectivity index (χ1) is 11.5. The lowest BCUT2D eigenvalue weighted by molar-refractivity contribution is -0.130. The van der Waals surface area contributed by atoms with Crippen LogP contribution in [-0.4, -0.2) is 22.8 Å². The first-order valence-electron chi connectivity index (χ1n) is 8.06. The Labute approximate surface area is 141 Å². The van der Waals surface area contributed by atoms with E-state index >= 15 is 0 Å². The average molecular weight is 323 g/mol. The van der Waals surface area contributed by atoms with Crippen LogP contribution in [0.2, 0.25) is 0 Å². The van der Waals surface area contributed by atoms with Crippen molar-refractivity contribution in [1.29, 1.82) is 0 Å². The first kappa shape index (κ1) is 16.1. The highest BCUT2D eigenvalue weighted by Crippen LogP contribution is 2.28. The Hall–Kier alpha value is -2.82. The minimum atomic E-state index is -0.196. The van der Waals surface area contributed by atoms with Crippen LogP contribution in [0, 0.1) is 0 Å². The monoisotopic (exact) mass is 323 g/mol. The maximum atomic E-state index is 12.2. The van der Waals surface area contributed by atoms with Gasteiger partial charge in [-0.2, -0.15) is 0 Å². The van der Waals surface area contributed by atoms with Crippen molar-refractivity contribution >= 4 is 23.2 Å². The second kappa shape index (κ2) is 6.74. The van der Waals surface area contributed by atoms with Crippen LogP contribution in [0.1, 0.15) is 35.7 Å². The molecule has 0 saturated heterocycles. The molecule has 2 aromatic carbocycles. The summed E-state index contributed by atoms with van der Waals surface area (Å²) in [5, 5.41) is 2.85. The van der Waals surface area contributed by atoms with E-state index in [1.54, 1.807) is 31.2 Å². The van der Waals surface area contributed by atoms with Crippen molar-refractivity contribution in [3.8, 4) is 0 Å². The molecule has 1 saturated carbocycles. The Kier molecular flexibility index (Phi) is 4.51. The molecule has 3 rings (SSSR count). The van der Waals surface area contributed by atoms with Crippen molar-refractivity contribution < 1.29 is 9.59 Å². The summed E-state index contributed by atoms with van der Waals surface area (Å²) in [4.78, 5) is 25.8. The molecular weight excluding hydrogens is 302 g/mol. The summed E-state index contributed by atoms with van der Waals surface area (Å²) >= 11 is 0. The fourth-order valence-corrected chi connectivity index (χ4v) is 2.66. The van der Waals surface area contributed by atoms with E-state index in [2.05, 4.69) is 5.32 Å². The van der Waals surface area contributed by atoms with E-state index in [0.29, 0.717) is 29.5 Å². The first-order valence-corrected chi connectivity index (χ1v) is 8.06. The van der Waals surface area contributed by atoms with Crippen LogP contribution in [0.3, 0.4) is 0 Å². The van der Waals surface area contributed by atoms with Gasteiger partial charge in [0.15, 0.2) is 0 Å². The second-order valence-corrected chi connectivity index (χ2v) is 6.15. The molecule has 0 unspecified atom stereocenters. The molecule has 0 bridgehead atoms. The summed E-state index contributed by atoms with van der Waals surface area (Å²) in [6.45, 7) is 2.22. The molecule has 5 heteroatoms. The van der Waals surface area contributed by atoms with Crippen LogP contribution in [0.5, 0.6) is 0 Å². The SMILES string of the molecule is CC(=O)N(Cc1ccc(NC(=O)c2cccc(N)c2)cc1)C1CC1. The summed E-state index contributed by atoms with van der Waals surface area (Å²) in [5.41, 5.74) is 8.55.